The molecule has 0 radical (unpaired) electrons. The lowest BCUT2D eigenvalue weighted by atomic mass is 10.1. The number of aryl methyl sites for hydroxylation is 1. The van der Waals surface area contributed by atoms with Crippen molar-refractivity contribution in [3.63, 3.8) is 0 Å². The predicted molar refractivity (Wildman–Crippen MR) is 70.1 cm³/mol. The Bertz CT molecular complexity index is 459. The molecule has 0 spiro atoms. The van der Waals surface area contributed by atoms with Gasteiger partial charge in [0.25, 0.3) is 0 Å². The summed E-state index contributed by atoms with van der Waals surface area (Å²) in [6, 6.07) is 4.07. The third-order valence-corrected chi connectivity index (χ3v) is 3.83. The SMILES string of the molecule is CCc1ccc(CNC(C)(C)c2nccs2)o1. The van der Waals surface area contributed by atoms with Crippen molar-refractivity contribution in [2.24, 2.45) is 0 Å². The summed E-state index contributed by atoms with van der Waals surface area (Å²) in [5.74, 6) is 2.01. The van der Waals surface area contributed by atoms with Crippen molar-refractivity contribution >= 4 is 11.3 Å². The van der Waals surface area contributed by atoms with E-state index in [0.717, 1.165) is 29.5 Å². The lowest BCUT2D eigenvalue weighted by molar-refractivity contribution is 0.363. The molecule has 2 heterocycles. The van der Waals surface area contributed by atoms with Crippen molar-refractivity contribution < 1.29 is 4.42 Å². The van der Waals surface area contributed by atoms with Crippen LogP contribution < -0.4 is 5.32 Å². The maximum absolute atomic E-state index is 5.67. The minimum Gasteiger partial charge on any atom is -0.465 e. The van der Waals surface area contributed by atoms with E-state index in [2.05, 4.69) is 31.1 Å². The van der Waals surface area contributed by atoms with Crippen molar-refractivity contribution in [1.29, 1.82) is 0 Å². The summed E-state index contributed by atoms with van der Waals surface area (Å²) >= 11 is 1.67. The zero-order chi connectivity index (χ0) is 12.3. The lowest BCUT2D eigenvalue weighted by Gasteiger charge is -2.23. The van der Waals surface area contributed by atoms with E-state index in [1.807, 2.05) is 23.7 Å². The second kappa shape index (κ2) is 5.02. The van der Waals surface area contributed by atoms with E-state index < -0.39 is 0 Å². The Hall–Kier alpha value is -1.13. The van der Waals surface area contributed by atoms with E-state index in [1.165, 1.54) is 0 Å². The molecule has 0 fully saturated rings. The molecule has 4 heteroatoms. The number of thiazole rings is 1. The van der Waals surface area contributed by atoms with Crippen LogP contribution in [-0.4, -0.2) is 4.98 Å². The summed E-state index contributed by atoms with van der Waals surface area (Å²) in [5.41, 5.74) is -0.118. The van der Waals surface area contributed by atoms with Gasteiger partial charge in [0.15, 0.2) is 0 Å². The topological polar surface area (TPSA) is 38.1 Å². The molecule has 2 rings (SSSR count). The molecule has 1 N–H and O–H groups in total. The van der Waals surface area contributed by atoms with Crippen LogP contribution in [-0.2, 0) is 18.5 Å². The Morgan fingerprint density at radius 3 is 2.71 bits per heavy atom. The number of hydrogen-bond acceptors (Lipinski definition) is 4. The first kappa shape index (κ1) is 12.3. The molecule has 0 bridgehead atoms. The fourth-order valence-corrected chi connectivity index (χ4v) is 2.36. The molecule has 0 saturated carbocycles. The van der Waals surface area contributed by atoms with Crippen LogP contribution in [0.4, 0.5) is 0 Å². The first-order valence-corrected chi connectivity index (χ1v) is 6.72. The van der Waals surface area contributed by atoms with Gasteiger partial charge in [-0.2, -0.15) is 0 Å². The molecular weight excluding hydrogens is 232 g/mol. The quantitative estimate of drug-likeness (QED) is 0.884. The van der Waals surface area contributed by atoms with Gasteiger partial charge in [0.05, 0.1) is 12.1 Å². The molecule has 17 heavy (non-hydrogen) atoms. The molecule has 92 valence electrons. The van der Waals surface area contributed by atoms with Crippen LogP contribution in [0.15, 0.2) is 28.1 Å². The average molecular weight is 250 g/mol. The molecular formula is C13H18N2OS. The first-order valence-electron chi connectivity index (χ1n) is 5.84. The van der Waals surface area contributed by atoms with E-state index in [-0.39, 0.29) is 5.54 Å². The summed E-state index contributed by atoms with van der Waals surface area (Å²) in [4.78, 5) is 4.35. The van der Waals surface area contributed by atoms with Crippen molar-refractivity contribution in [3.8, 4) is 0 Å². The molecule has 0 atom stereocenters. The second-order valence-electron chi connectivity index (χ2n) is 4.54. The lowest BCUT2D eigenvalue weighted by Crippen LogP contribution is -2.35. The van der Waals surface area contributed by atoms with Gasteiger partial charge in [-0.15, -0.1) is 11.3 Å². The second-order valence-corrected chi connectivity index (χ2v) is 5.43. The summed E-state index contributed by atoms with van der Waals surface area (Å²) in [6.07, 6.45) is 2.78. The normalized spacial score (nSPS) is 11.9. The molecule has 0 amide bonds. The standard InChI is InChI=1S/C13H18N2OS/c1-4-10-5-6-11(16-10)9-15-13(2,3)12-14-7-8-17-12/h5-8,15H,4,9H2,1-3H3. The Morgan fingerprint density at radius 1 is 1.35 bits per heavy atom. The molecule has 0 aliphatic heterocycles. The van der Waals surface area contributed by atoms with Gasteiger partial charge in [0.2, 0.25) is 0 Å². The Kier molecular flexibility index (Phi) is 3.64. The largest absolute Gasteiger partial charge is 0.465 e. The minimum absolute atomic E-state index is 0.118. The molecule has 0 saturated heterocycles. The number of rotatable bonds is 5. The third kappa shape index (κ3) is 2.96. The summed E-state index contributed by atoms with van der Waals surface area (Å²) in [6.45, 7) is 7.09. The van der Waals surface area contributed by atoms with E-state index in [0.29, 0.717) is 0 Å². The first-order chi connectivity index (χ1) is 8.12. The predicted octanol–water partition coefficient (Wildman–Crippen LogP) is 3.32. The number of nitrogens with zero attached hydrogens (tertiary/aromatic N) is 1. The highest BCUT2D eigenvalue weighted by molar-refractivity contribution is 7.09. The highest BCUT2D eigenvalue weighted by atomic mass is 32.1. The number of furan rings is 1. The summed E-state index contributed by atoms with van der Waals surface area (Å²) in [5, 5.41) is 6.57. The van der Waals surface area contributed by atoms with Gasteiger partial charge in [-0.1, -0.05) is 6.92 Å². The van der Waals surface area contributed by atoms with Crippen molar-refractivity contribution in [3.05, 3.63) is 40.2 Å². The van der Waals surface area contributed by atoms with Gasteiger partial charge in [0, 0.05) is 18.0 Å². The number of nitrogens with one attached hydrogen (secondary N) is 1. The fourth-order valence-electron chi connectivity index (χ4n) is 1.62. The minimum atomic E-state index is -0.118. The van der Waals surface area contributed by atoms with Gasteiger partial charge in [-0.25, -0.2) is 4.98 Å². The van der Waals surface area contributed by atoms with Crippen LogP contribution in [0.25, 0.3) is 0 Å². The zero-order valence-electron chi connectivity index (χ0n) is 10.5. The van der Waals surface area contributed by atoms with Crippen LogP contribution in [0, 0.1) is 0 Å². The van der Waals surface area contributed by atoms with E-state index >= 15 is 0 Å². The average Bonchev–Trinajstić information content (AvgIpc) is 2.98. The molecule has 0 aromatic carbocycles. The number of aromatic nitrogens is 1. The van der Waals surface area contributed by atoms with Gasteiger partial charge in [-0.3, -0.25) is 5.32 Å². The van der Waals surface area contributed by atoms with Gasteiger partial charge in [-0.05, 0) is 26.0 Å². The Balaban J connectivity index is 1.97. The highest BCUT2D eigenvalue weighted by Gasteiger charge is 2.22. The number of hydrogen-bond donors (Lipinski definition) is 1. The maximum Gasteiger partial charge on any atom is 0.117 e. The monoisotopic (exact) mass is 250 g/mol. The van der Waals surface area contributed by atoms with E-state index in [1.54, 1.807) is 11.3 Å². The maximum atomic E-state index is 5.67. The van der Waals surface area contributed by atoms with E-state index in [4.69, 9.17) is 4.42 Å². The molecule has 3 nitrogen and oxygen atoms in total. The van der Waals surface area contributed by atoms with Crippen LogP contribution in [0.5, 0.6) is 0 Å². The van der Waals surface area contributed by atoms with Crippen molar-refractivity contribution in [1.82, 2.24) is 10.3 Å². The van der Waals surface area contributed by atoms with Crippen molar-refractivity contribution in [2.45, 2.75) is 39.3 Å². The van der Waals surface area contributed by atoms with Crippen LogP contribution in [0.3, 0.4) is 0 Å². The van der Waals surface area contributed by atoms with Crippen LogP contribution in [0.1, 0.15) is 37.3 Å². The van der Waals surface area contributed by atoms with Crippen LogP contribution >= 0.6 is 11.3 Å². The van der Waals surface area contributed by atoms with Crippen LogP contribution in [0.2, 0.25) is 0 Å². The highest BCUT2D eigenvalue weighted by Crippen LogP contribution is 2.22. The van der Waals surface area contributed by atoms with Gasteiger partial charge >= 0.3 is 0 Å². The zero-order valence-corrected chi connectivity index (χ0v) is 11.3. The molecule has 2 aromatic heterocycles. The molecule has 0 aliphatic rings. The molecule has 0 aliphatic carbocycles. The van der Waals surface area contributed by atoms with Gasteiger partial charge < -0.3 is 4.42 Å². The van der Waals surface area contributed by atoms with Crippen molar-refractivity contribution in [2.75, 3.05) is 0 Å². The Morgan fingerprint density at radius 2 is 2.12 bits per heavy atom. The third-order valence-electron chi connectivity index (χ3n) is 2.74. The summed E-state index contributed by atoms with van der Waals surface area (Å²) < 4.78 is 5.67. The molecule has 2 aromatic rings. The Labute approximate surface area is 106 Å². The summed E-state index contributed by atoms with van der Waals surface area (Å²) in [7, 11) is 0. The smallest absolute Gasteiger partial charge is 0.117 e. The molecule has 0 unspecified atom stereocenters. The van der Waals surface area contributed by atoms with E-state index in [9.17, 15) is 0 Å². The fraction of sp³-hybridized carbons (Fsp3) is 0.462. The van der Waals surface area contributed by atoms with Gasteiger partial charge in [0.1, 0.15) is 16.5 Å².